The highest BCUT2D eigenvalue weighted by Crippen LogP contribution is 2.36. The van der Waals surface area contributed by atoms with E-state index < -0.39 is 35.5 Å². The van der Waals surface area contributed by atoms with Crippen LogP contribution >= 0.6 is 0 Å². The molecular weight excluding hydrogens is 778 g/mol. The molecule has 4 aliphatic heterocycles. The van der Waals surface area contributed by atoms with Gasteiger partial charge in [-0.1, -0.05) is 31.0 Å². The van der Waals surface area contributed by atoms with E-state index in [2.05, 4.69) is 64.5 Å². The van der Waals surface area contributed by atoms with E-state index in [0.717, 1.165) is 104 Å². The average Bonchev–Trinajstić information content (AvgIpc) is 3.99. The van der Waals surface area contributed by atoms with E-state index in [4.69, 9.17) is 9.97 Å². The quantitative estimate of drug-likeness (QED) is 0.147. The molecule has 4 amide bonds. The van der Waals surface area contributed by atoms with Crippen LogP contribution in [0.1, 0.15) is 83.7 Å². The van der Waals surface area contributed by atoms with Crippen molar-refractivity contribution in [3.05, 3.63) is 95.4 Å². The number of amides is 4. The van der Waals surface area contributed by atoms with Crippen molar-refractivity contribution < 1.29 is 23.6 Å². The van der Waals surface area contributed by atoms with Crippen LogP contribution in [0.25, 0.3) is 11.2 Å². The van der Waals surface area contributed by atoms with Gasteiger partial charge in [-0.25, -0.2) is 14.4 Å². The van der Waals surface area contributed by atoms with Crippen molar-refractivity contribution in [1.29, 1.82) is 0 Å². The van der Waals surface area contributed by atoms with E-state index in [-0.39, 0.29) is 24.0 Å². The Morgan fingerprint density at radius 2 is 1.44 bits per heavy atom. The molecule has 61 heavy (non-hydrogen) atoms. The molecule has 10 rings (SSSR count). The molecule has 0 spiro atoms. The van der Waals surface area contributed by atoms with Crippen LogP contribution in [-0.2, 0) is 16.1 Å². The number of carbonyl (C=O) groups excluding carboxylic acids is 4. The van der Waals surface area contributed by atoms with Crippen LogP contribution in [0.15, 0.2) is 72.9 Å². The summed E-state index contributed by atoms with van der Waals surface area (Å²) in [5.41, 5.74) is 5.08. The monoisotopic (exact) mass is 825 g/mol. The highest BCUT2D eigenvalue weighted by atomic mass is 19.1. The molecule has 2 aromatic heterocycles. The fourth-order valence-corrected chi connectivity index (χ4v) is 9.77. The first kappa shape index (κ1) is 38.9. The summed E-state index contributed by atoms with van der Waals surface area (Å²) < 4.78 is 17.6. The van der Waals surface area contributed by atoms with E-state index in [1.54, 1.807) is 6.20 Å². The van der Waals surface area contributed by atoms with E-state index in [9.17, 15) is 19.2 Å². The van der Waals surface area contributed by atoms with E-state index in [1.807, 2.05) is 30.3 Å². The third kappa shape index (κ3) is 7.69. The van der Waals surface area contributed by atoms with E-state index in [0.29, 0.717) is 30.1 Å². The number of hydrogen-bond donors (Lipinski definition) is 3. The second-order valence-electron chi connectivity index (χ2n) is 16.8. The summed E-state index contributed by atoms with van der Waals surface area (Å²) in [6, 6.07) is 20.8. The SMILES string of the molecule is O=C1CCC(N2C(=O)c3cc(F)c(CN4CCC(N5CCN(c6ccc(Nc7ncc8nc(Nc9ccccc9)n(C9CCCC9)c8n7)cc6)CC5)CC4)cc3C2=O)C(=O)N1. The number of carbonyl (C=O) groups is 4. The van der Waals surface area contributed by atoms with Crippen molar-refractivity contribution in [1.82, 2.24) is 39.5 Å². The number of piperazine rings is 1. The summed E-state index contributed by atoms with van der Waals surface area (Å²) in [7, 11) is 0. The predicted molar refractivity (Wildman–Crippen MR) is 227 cm³/mol. The second kappa shape index (κ2) is 16.3. The molecule has 5 aliphatic rings. The molecule has 3 N–H and O–H groups in total. The fraction of sp³-hybridized carbons (Fsp3) is 0.400. The number of nitrogens with zero attached hydrogens (tertiary/aromatic N) is 8. The smallest absolute Gasteiger partial charge is 0.262 e. The summed E-state index contributed by atoms with van der Waals surface area (Å²) >= 11 is 0. The van der Waals surface area contributed by atoms with Crippen LogP contribution in [0, 0.1) is 5.82 Å². The van der Waals surface area contributed by atoms with Crippen molar-refractivity contribution >= 4 is 63.8 Å². The summed E-state index contributed by atoms with van der Waals surface area (Å²) in [5.74, 6) is -1.68. The molecule has 16 heteroatoms. The third-order valence-electron chi connectivity index (χ3n) is 13.0. The maximum atomic E-state index is 15.4. The minimum Gasteiger partial charge on any atom is -0.369 e. The molecule has 3 saturated heterocycles. The molecule has 0 radical (unpaired) electrons. The maximum Gasteiger partial charge on any atom is 0.262 e. The van der Waals surface area contributed by atoms with Gasteiger partial charge in [-0.3, -0.25) is 43.8 Å². The number of likely N-dealkylation sites (tertiary alicyclic amines) is 1. The Balaban J connectivity index is 0.722. The van der Waals surface area contributed by atoms with Gasteiger partial charge in [-0.05, 0) is 93.7 Å². The molecule has 6 heterocycles. The Morgan fingerprint density at radius 1 is 0.738 bits per heavy atom. The Bertz CT molecular complexity index is 2490. The number of anilines is 5. The molecule has 1 unspecified atom stereocenters. The van der Waals surface area contributed by atoms with Crippen LogP contribution in [0.3, 0.4) is 0 Å². The number of imide groups is 2. The maximum absolute atomic E-state index is 15.4. The Morgan fingerprint density at radius 3 is 2.16 bits per heavy atom. The highest BCUT2D eigenvalue weighted by Gasteiger charge is 2.45. The van der Waals surface area contributed by atoms with Crippen LogP contribution < -0.4 is 20.9 Å². The fourth-order valence-electron chi connectivity index (χ4n) is 9.77. The molecule has 0 bridgehead atoms. The van der Waals surface area contributed by atoms with Gasteiger partial charge in [0.05, 0.1) is 17.3 Å². The van der Waals surface area contributed by atoms with Gasteiger partial charge >= 0.3 is 0 Å². The molecule has 5 aromatic rings. The van der Waals surface area contributed by atoms with E-state index >= 15 is 4.39 Å². The van der Waals surface area contributed by atoms with Crippen LogP contribution in [0.5, 0.6) is 0 Å². The van der Waals surface area contributed by atoms with Gasteiger partial charge in [0.2, 0.25) is 23.7 Å². The zero-order valence-electron chi connectivity index (χ0n) is 33.9. The number of hydrogen-bond acceptors (Lipinski definition) is 12. The van der Waals surface area contributed by atoms with Gasteiger partial charge in [0.15, 0.2) is 5.65 Å². The zero-order valence-corrected chi connectivity index (χ0v) is 33.9. The van der Waals surface area contributed by atoms with Crippen molar-refractivity contribution in [2.45, 2.75) is 76.0 Å². The first-order valence-electron chi connectivity index (χ1n) is 21.5. The summed E-state index contributed by atoms with van der Waals surface area (Å²) in [4.78, 5) is 73.0. The number of rotatable bonds is 10. The number of benzene rings is 3. The Hall–Kier alpha value is -6.26. The number of nitrogens with one attached hydrogen (secondary N) is 3. The van der Waals surface area contributed by atoms with Gasteiger partial charge in [0.25, 0.3) is 11.8 Å². The minimum atomic E-state index is -1.08. The van der Waals surface area contributed by atoms with Gasteiger partial charge in [-0.2, -0.15) is 4.98 Å². The molecule has 1 aliphatic carbocycles. The molecule has 3 aromatic carbocycles. The van der Waals surface area contributed by atoms with E-state index in [1.165, 1.54) is 24.6 Å². The zero-order chi connectivity index (χ0) is 41.6. The number of fused-ring (bicyclic) bond motifs is 2. The lowest BCUT2D eigenvalue weighted by atomic mass is 10.00. The van der Waals surface area contributed by atoms with Crippen LogP contribution in [-0.4, -0.2) is 109 Å². The normalized spacial score (nSPS) is 20.8. The Kier molecular flexibility index (Phi) is 10.4. The van der Waals surface area contributed by atoms with Gasteiger partial charge in [0.1, 0.15) is 17.4 Å². The molecule has 15 nitrogen and oxygen atoms in total. The molecule has 314 valence electrons. The number of para-hydroxylation sites is 1. The van der Waals surface area contributed by atoms with Gasteiger partial charge in [0, 0.05) is 73.9 Å². The summed E-state index contributed by atoms with van der Waals surface area (Å²) in [6.45, 7) is 5.64. The number of aromatic nitrogens is 4. The van der Waals surface area contributed by atoms with Gasteiger partial charge < -0.3 is 15.5 Å². The lowest BCUT2D eigenvalue weighted by Crippen LogP contribution is -2.54. The summed E-state index contributed by atoms with van der Waals surface area (Å²) in [6.07, 6.45) is 8.38. The largest absolute Gasteiger partial charge is 0.369 e. The van der Waals surface area contributed by atoms with Crippen LogP contribution in [0.4, 0.5) is 33.3 Å². The third-order valence-corrected chi connectivity index (χ3v) is 13.0. The lowest BCUT2D eigenvalue weighted by Gasteiger charge is -2.43. The first-order valence-corrected chi connectivity index (χ1v) is 21.5. The second-order valence-corrected chi connectivity index (χ2v) is 16.8. The van der Waals surface area contributed by atoms with Crippen molar-refractivity contribution in [3.63, 3.8) is 0 Å². The molecule has 1 atom stereocenters. The predicted octanol–water partition coefficient (Wildman–Crippen LogP) is 5.76. The lowest BCUT2D eigenvalue weighted by molar-refractivity contribution is -0.136. The van der Waals surface area contributed by atoms with Crippen molar-refractivity contribution in [2.24, 2.45) is 0 Å². The van der Waals surface area contributed by atoms with Gasteiger partial charge in [-0.15, -0.1) is 0 Å². The minimum absolute atomic E-state index is 0.0287. The summed E-state index contributed by atoms with van der Waals surface area (Å²) in [5, 5.41) is 9.12. The number of piperidine rings is 2. The van der Waals surface area contributed by atoms with Crippen molar-refractivity contribution in [3.8, 4) is 0 Å². The Labute approximate surface area is 352 Å². The topological polar surface area (TPSA) is 161 Å². The van der Waals surface area contributed by atoms with Crippen LogP contribution in [0.2, 0.25) is 0 Å². The molecular formula is C45H48FN11O4. The van der Waals surface area contributed by atoms with Crippen molar-refractivity contribution in [2.75, 3.05) is 54.8 Å². The average molecular weight is 826 g/mol. The number of imidazole rings is 1. The number of halogens is 1. The molecule has 4 fully saturated rings. The first-order chi connectivity index (χ1) is 29.8. The highest BCUT2D eigenvalue weighted by molar-refractivity contribution is 6.23. The molecule has 1 saturated carbocycles. The standard InChI is InChI=1S/C45H48FN11O4/c46-36-25-35-34(42(60)57(43(35)61)38-14-15-39(58)51-41(38)59)24-28(36)27-53-18-16-32(17-19-53)55-22-20-54(21-23-55)31-12-10-30(11-13-31)48-44-47-26-37-40(52-44)56(33-8-4-5-9-33)45(50-37)49-29-6-2-1-3-7-29/h1-3,6-7,10-13,24-26,32-33,38H,4-5,8-9,14-23,27H2,(H,49,50)(H,47,48,52)(H,51,58,59).